The van der Waals surface area contributed by atoms with Gasteiger partial charge in [-0.2, -0.15) is 0 Å². The van der Waals surface area contributed by atoms with Crippen molar-refractivity contribution in [2.45, 2.75) is 58.3 Å². The van der Waals surface area contributed by atoms with Gasteiger partial charge in [0.25, 0.3) is 0 Å². The zero-order valence-electron chi connectivity index (χ0n) is 19.8. The number of fused-ring (bicyclic) bond motifs is 5. The molecule has 0 aliphatic heterocycles. The van der Waals surface area contributed by atoms with Crippen LogP contribution in [0.4, 0.5) is 5.69 Å². The number of nitrogens with zero attached hydrogens (tertiary/aromatic N) is 3. The number of rotatable bonds is 4. The van der Waals surface area contributed by atoms with Crippen LogP contribution in [0.3, 0.4) is 0 Å². The van der Waals surface area contributed by atoms with E-state index in [-0.39, 0.29) is 0 Å². The van der Waals surface area contributed by atoms with Gasteiger partial charge in [-0.05, 0) is 96.5 Å². The molecule has 6 rings (SSSR count). The summed E-state index contributed by atoms with van der Waals surface area (Å²) in [5.41, 5.74) is 20.0. The maximum absolute atomic E-state index is 6.03. The third-order valence-electron chi connectivity index (χ3n) is 7.26. The van der Waals surface area contributed by atoms with Crippen LogP contribution in [0, 0.1) is 0 Å². The highest BCUT2D eigenvalue weighted by molar-refractivity contribution is 5.86. The van der Waals surface area contributed by atoms with E-state index in [2.05, 4.69) is 54.4 Å². The molecule has 0 unspecified atom stereocenters. The van der Waals surface area contributed by atoms with Crippen molar-refractivity contribution in [1.29, 1.82) is 0 Å². The Labute approximate surface area is 201 Å². The first-order valence-electron chi connectivity index (χ1n) is 12.6. The molecule has 0 saturated heterocycles. The molecule has 0 spiro atoms. The molecule has 4 nitrogen and oxygen atoms in total. The van der Waals surface area contributed by atoms with Crippen LogP contribution in [0.25, 0.3) is 34.1 Å². The van der Waals surface area contributed by atoms with Crippen molar-refractivity contribution in [3.8, 4) is 11.4 Å². The number of allylic oxidation sites excluding steroid dienone is 1. The summed E-state index contributed by atoms with van der Waals surface area (Å²) in [7, 11) is 0. The topological polar surface area (TPSA) is 64.7 Å². The van der Waals surface area contributed by atoms with Crippen molar-refractivity contribution < 1.29 is 0 Å². The summed E-state index contributed by atoms with van der Waals surface area (Å²) >= 11 is 0. The van der Waals surface area contributed by atoms with Crippen LogP contribution in [-0.2, 0) is 25.7 Å². The number of pyridine rings is 3. The zero-order chi connectivity index (χ0) is 23.1. The first kappa shape index (κ1) is 21.0. The van der Waals surface area contributed by atoms with Crippen molar-refractivity contribution in [3.05, 3.63) is 82.2 Å². The molecule has 0 saturated carbocycles. The maximum atomic E-state index is 6.03. The molecule has 0 fully saturated rings. The number of nitrogens with two attached hydrogens (primary N) is 1. The minimum absolute atomic E-state index is 0.645. The van der Waals surface area contributed by atoms with Gasteiger partial charge in [0, 0.05) is 0 Å². The Kier molecular flexibility index (Phi) is 5.37. The van der Waals surface area contributed by atoms with Crippen molar-refractivity contribution in [3.63, 3.8) is 0 Å². The summed E-state index contributed by atoms with van der Waals surface area (Å²) in [5.74, 6) is 0. The molecule has 1 aromatic carbocycles. The average molecular weight is 447 g/mol. The van der Waals surface area contributed by atoms with Gasteiger partial charge in [-0.1, -0.05) is 43.7 Å². The van der Waals surface area contributed by atoms with E-state index in [1.54, 1.807) is 11.8 Å². The first-order valence-corrected chi connectivity index (χ1v) is 12.6. The number of anilines is 1. The summed E-state index contributed by atoms with van der Waals surface area (Å²) in [5, 5.41) is 0. The molecule has 0 amide bonds. The number of aryl methyl sites for hydroxylation is 1. The van der Waals surface area contributed by atoms with E-state index >= 15 is 0 Å². The third-order valence-corrected chi connectivity index (χ3v) is 7.26. The second-order valence-corrected chi connectivity index (χ2v) is 9.59. The predicted molar refractivity (Wildman–Crippen MR) is 140 cm³/mol. The number of aromatic nitrogens is 3. The summed E-state index contributed by atoms with van der Waals surface area (Å²) < 4.78 is 0. The molecule has 4 heteroatoms. The normalized spacial score (nSPS) is 15.7. The molecule has 0 atom stereocenters. The van der Waals surface area contributed by atoms with Crippen LogP contribution >= 0.6 is 0 Å². The molecule has 34 heavy (non-hydrogen) atoms. The van der Waals surface area contributed by atoms with Crippen molar-refractivity contribution in [1.82, 2.24) is 15.0 Å². The van der Waals surface area contributed by atoms with E-state index in [4.69, 9.17) is 15.7 Å². The summed E-state index contributed by atoms with van der Waals surface area (Å²) in [4.78, 5) is 15.0. The molecule has 170 valence electrons. The molecule has 3 aromatic heterocycles. The zero-order valence-corrected chi connectivity index (χ0v) is 19.8. The first-order chi connectivity index (χ1) is 16.7. The minimum Gasteiger partial charge on any atom is -0.397 e. The lowest BCUT2D eigenvalue weighted by Crippen LogP contribution is -2.17. The fraction of sp³-hybridized carbons (Fsp3) is 0.300. The van der Waals surface area contributed by atoms with Gasteiger partial charge < -0.3 is 5.73 Å². The number of hydrogen-bond acceptors (Lipinski definition) is 4. The highest BCUT2D eigenvalue weighted by Crippen LogP contribution is 2.41. The van der Waals surface area contributed by atoms with Gasteiger partial charge in [-0.25, -0.2) is 9.97 Å². The monoisotopic (exact) mass is 446 g/mol. The van der Waals surface area contributed by atoms with E-state index < -0.39 is 0 Å². The van der Waals surface area contributed by atoms with Crippen LogP contribution < -0.4 is 5.73 Å². The van der Waals surface area contributed by atoms with Gasteiger partial charge in [0.2, 0.25) is 0 Å². The van der Waals surface area contributed by atoms with E-state index in [1.807, 2.05) is 6.07 Å². The number of benzene rings is 1. The summed E-state index contributed by atoms with van der Waals surface area (Å²) in [6.45, 7) is 2.28. The van der Waals surface area contributed by atoms with Gasteiger partial charge in [0.15, 0.2) is 0 Å². The highest BCUT2D eigenvalue weighted by Gasteiger charge is 2.28. The summed E-state index contributed by atoms with van der Waals surface area (Å²) in [6.07, 6.45) is 13.0. The molecule has 4 aromatic rings. The van der Waals surface area contributed by atoms with Gasteiger partial charge in [0.1, 0.15) is 0 Å². The maximum Gasteiger partial charge on any atom is 0.0931 e. The van der Waals surface area contributed by atoms with Crippen molar-refractivity contribution in [2.24, 2.45) is 0 Å². The molecular weight excluding hydrogens is 416 g/mol. The van der Waals surface area contributed by atoms with Crippen LogP contribution in [0.5, 0.6) is 0 Å². The standard InChI is InChI=1S/C30H30N4/c1-2-3-11-23-24-12-7-10-20(15-19-8-5-4-6-9-19)28(24)34-30-25(23)14-13-21-16-26-27(33-29(21)30)17-22(31)18-32-26/h4-6,8-9,15-18H,2-3,7,10-14,31H2,1H3. The molecular formula is C30H30N4. The van der Waals surface area contributed by atoms with Crippen LogP contribution in [0.2, 0.25) is 0 Å². The number of nitrogen functional groups attached to an aromatic ring is 1. The lowest BCUT2D eigenvalue weighted by atomic mass is 9.80. The Morgan fingerprint density at radius 3 is 2.59 bits per heavy atom. The smallest absolute Gasteiger partial charge is 0.0931 e. The minimum atomic E-state index is 0.645. The van der Waals surface area contributed by atoms with Crippen LogP contribution in [-0.4, -0.2) is 15.0 Å². The molecule has 2 aliphatic carbocycles. The number of unbranched alkanes of at least 4 members (excludes halogenated alkanes) is 1. The average Bonchev–Trinajstić information content (AvgIpc) is 2.86. The Morgan fingerprint density at radius 1 is 0.882 bits per heavy atom. The Balaban J connectivity index is 1.58. The molecule has 0 radical (unpaired) electrons. The van der Waals surface area contributed by atoms with Gasteiger partial charge >= 0.3 is 0 Å². The quantitative estimate of drug-likeness (QED) is 0.384. The fourth-order valence-corrected chi connectivity index (χ4v) is 5.60. The highest BCUT2D eigenvalue weighted by atomic mass is 14.8. The molecule has 0 bridgehead atoms. The Hall–Kier alpha value is -3.53. The lowest BCUT2D eigenvalue weighted by Gasteiger charge is -2.28. The molecule has 2 aliphatic rings. The third kappa shape index (κ3) is 3.67. The largest absolute Gasteiger partial charge is 0.397 e. The van der Waals surface area contributed by atoms with Gasteiger partial charge in [-0.3, -0.25) is 4.98 Å². The van der Waals surface area contributed by atoms with E-state index in [0.717, 1.165) is 54.5 Å². The summed E-state index contributed by atoms with van der Waals surface area (Å²) in [6, 6.07) is 14.8. The fourth-order valence-electron chi connectivity index (χ4n) is 5.60. The Bertz CT molecular complexity index is 1420. The van der Waals surface area contributed by atoms with Gasteiger partial charge in [-0.15, -0.1) is 0 Å². The van der Waals surface area contributed by atoms with Crippen molar-refractivity contribution >= 4 is 28.4 Å². The second-order valence-electron chi connectivity index (χ2n) is 9.59. The SMILES string of the molecule is CCCCc1c2c(nc3c1CCc1cc4ncc(N)cc4nc1-3)C(=Cc1ccccc1)CCC2. The Morgan fingerprint density at radius 2 is 1.74 bits per heavy atom. The van der Waals surface area contributed by atoms with Crippen LogP contribution in [0.15, 0.2) is 48.7 Å². The lowest BCUT2D eigenvalue weighted by molar-refractivity contribution is 0.738. The van der Waals surface area contributed by atoms with E-state index in [9.17, 15) is 0 Å². The molecule has 3 heterocycles. The van der Waals surface area contributed by atoms with E-state index in [1.165, 1.54) is 52.8 Å². The number of hydrogen-bond donors (Lipinski definition) is 1. The van der Waals surface area contributed by atoms with Crippen molar-refractivity contribution in [2.75, 3.05) is 5.73 Å². The van der Waals surface area contributed by atoms with Gasteiger partial charge in [0.05, 0.1) is 40.0 Å². The second kappa shape index (κ2) is 8.68. The molecule has 2 N–H and O–H groups in total. The van der Waals surface area contributed by atoms with Crippen LogP contribution in [0.1, 0.15) is 66.1 Å². The van der Waals surface area contributed by atoms with E-state index in [0.29, 0.717) is 5.69 Å². The predicted octanol–water partition coefficient (Wildman–Crippen LogP) is 6.59.